The van der Waals surface area contributed by atoms with E-state index in [1.165, 1.54) is 4.90 Å². The number of hydrogen-bond acceptors (Lipinski definition) is 9. The molecule has 0 aliphatic carbocycles. The lowest BCUT2D eigenvalue weighted by Gasteiger charge is -2.32. The van der Waals surface area contributed by atoms with E-state index < -0.39 is 23.8 Å². The Morgan fingerprint density at radius 2 is 1.81 bits per heavy atom. The van der Waals surface area contributed by atoms with Crippen molar-refractivity contribution in [2.24, 2.45) is 11.7 Å². The normalized spacial score (nSPS) is 13.2. The zero-order valence-electron chi connectivity index (χ0n) is 20.5. The standard InChI is InChI=1S/C25H28N6O5S/c1-14(2)5-10-29-24(33)21(15-6-8-28-9-7-15)31(16-3-4-17-18(13-16)36-12-11-35-17)25(34)22-19(26)20(23(27)32)30-37-22/h3-4,6-9,13-14,21H,5,10-12,26H2,1-2H3,(H2,27,32)(H,29,33). The number of benzene rings is 1. The molecule has 11 nitrogen and oxygen atoms in total. The summed E-state index contributed by atoms with van der Waals surface area (Å²) in [4.78, 5) is 44.8. The van der Waals surface area contributed by atoms with Crippen molar-refractivity contribution in [3.63, 3.8) is 0 Å². The first-order chi connectivity index (χ1) is 17.8. The quantitative estimate of drug-likeness (QED) is 0.384. The minimum Gasteiger partial charge on any atom is -0.486 e. The molecule has 1 aromatic carbocycles. The number of carbonyl (C=O) groups is 3. The van der Waals surface area contributed by atoms with Crippen LogP contribution in [0.15, 0.2) is 42.7 Å². The predicted octanol–water partition coefficient (Wildman–Crippen LogP) is 2.54. The highest BCUT2D eigenvalue weighted by molar-refractivity contribution is 7.09. The molecule has 5 N–H and O–H groups in total. The smallest absolute Gasteiger partial charge is 0.273 e. The molecule has 1 aliphatic heterocycles. The molecule has 0 bridgehead atoms. The van der Waals surface area contributed by atoms with Gasteiger partial charge in [0.15, 0.2) is 17.2 Å². The Bertz CT molecular complexity index is 1300. The SMILES string of the molecule is CC(C)CCNC(=O)C(c1ccncc1)N(C(=O)c1snc(C(N)=O)c1N)c1ccc2c(c1)OCCO2. The van der Waals surface area contributed by atoms with E-state index >= 15 is 0 Å². The van der Waals surface area contributed by atoms with Crippen LogP contribution in [-0.2, 0) is 4.79 Å². The predicted molar refractivity (Wildman–Crippen MR) is 139 cm³/mol. The molecule has 0 saturated carbocycles. The van der Waals surface area contributed by atoms with Crippen LogP contribution in [0.25, 0.3) is 0 Å². The fraction of sp³-hybridized carbons (Fsp3) is 0.320. The molecule has 194 valence electrons. The summed E-state index contributed by atoms with van der Waals surface area (Å²) in [6, 6.07) is 7.20. The van der Waals surface area contributed by atoms with E-state index in [-0.39, 0.29) is 16.3 Å². The molecule has 1 unspecified atom stereocenters. The second kappa shape index (κ2) is 11.2. The van der Waals surface area contributed by atoms with Crippen LogP contribution >= 0.6 is 11.5 Å². The average molecular weight is 525 g/mol. The topological polar surface area (TPSA) is 163 Å². The number of primary amides is 1. The van der Waals surface area contributed by atoms with E-state index in [0.29, 0.717) is 48.4 Å². The fourth-order valence-corrected chi connectivity index (χ4v) is 4.59. The van der Waals surface area contributed by atoms with Crippen molar-refractivity contribution in [1.29, 1.82) is 0 Å². The van der Waals surface area contributed by atoms with Crippen LogP contribution in [0, 0.1) is 5.92 Å². The van der Waals surface area contributed by atoms with Crippen LogP contribution in [0.3, 0.4) is 0 Å². The van der Waals surface area contributed by atoms with Crippen LogP contribution in [0.4, 0.5) is 11.4 Å². The molecule has 4 rings (SSSR count). The summed E-state index contributed by atoms with van der Waals surface area (Å²) in [6.45, 7) is 5.29. The molecule has 0 radical (unpaired) electrons. The monoisotopic (exact) mass is 524 g/mol. The Kier molecular flexibility index (Phi) is 7.87. The van der Waals surface area contributed by atoms with Gasteiger partial charge in [0.25, 0.3) is 11.8 Å². The fourth-order valence-electron chi connectivity index (χ4n) is 3.85. The number of carbonyl (C=O) groups excluding carboxylic acids is 3. The second-order valence-electron chi connectivity index (χ2n) is 8.80. The number of nitrogens with one attached hydrogen (secondary N) is 1. The molecule has 12 heteroatoms. The molecule has 3 heterocycles. The number of aromatic nitrogens is 2. The molecule has 3 amide bonds. The van der Waals surface area contributed by atoms with Crippen molar-refractivity contribution in [3.8, 4) is 11.5 Å². The lowest BCUT2D eigenvalue weighted by molar-refractivity contribution is -0.122. The zero-order valence-corrected chi connectivity index (χ0v) is 21.3. The summed E-state index contributed by atoms with van der Waals surface area (Å²) in [5.41, 5.74) is 12.0. The van der Waals surface area contributed by atoms with Gasteiger partial charge in [0.2, 0.25) is 5.91 Å². The van der Waals surface area contributed by atoms with E-state index in [2.05, 4.69) is 28.5 Å². The summed E-state index contributed by atoms with van der Waals surface area (Å²) >= 11 is 0.743. The lowest BCUT2D eigenvalue weighted by atomic mass is 10.0. The van der Waals surface area contributed by atoms with Gasteiger partial charge < -0.3 is 26.3 Å². The molecule has 2 aromatic heterocycles. The van der Waals surface area contributed by atoms with Crippen LogP contribution in [0.1, 0.15) is 52.0 Å². The molecule has 0 spiro atoms. The lowest BCUT2D eigenvalue weighted by Crippen LogP contribution is -2.44. The summed E-state index contributed by atoms with van der Waals surface area (Å²) < 4.78 is 15.3. The zero-order chi connectivity index (χ0) is 26.5. The summed E-state index contributed by atoms with van der Waals surface area (Å²) in [7, 11) is 0. The van der Waals surface area contributed by atoms with Gasteiger partial charge in [-0.15, -0.1) is 0 Å². The number of hydrogen-bond donors (Lipinski definition) is 3. The van der Waals surface area contributed by atoms with Crippen molar-refractivity contribution in [2.45, 2.75) is 26.3 Å². The van der Waals surface area contributed by atoms with Gasteiger partial charge in [-0.2, -0.15) is 4.37 Å². The van der Waals surface area contributed by atoms with Crippen molar-refractivity contribution in [3.05, 3.63) is 58.9 Å². The first-order valence-corrected chi connectivity index (χ1v) is 12.5. The molecule has 0 fully saturated rings. The van der Waals surface area contributed by atoms with E-state index in [4.69, 9.17) is 20.9 Å². The molecular weight excluding hydrogens is 496 g/mol. The number of nitrogens with zero attached hydrogens (tertiary/aromatic N) is 3. The number of nitrogen functional groups attached to an aromatic ring is 1. The summed E-state index contributed by atoms with van der Waals surface area (Å²) in [6.07, 6.45) is 3.85. The van der Waals surface area contributed by atoms with Gasteiger partial charge in [0.05, 0.1) is 5.69 Å². The Morgan fingerprint density at radius 1 is 1.11 bits per heavy atom. The molecule has 3 aromatic rings. The van der Waals surface area contributed by atoms with Gasteiger partial charge in [0, 0.05) is 30.7 Å². The minimum atomic E-state index is -1.09. The van der Waals surface area contributed by atoms with Crippen molar-refractivity contribution in [1.82, 2.24) is 14.7 Å². The largest absolute Gasteiger partial charge is 0.486 e. The van der Waals surface area contributed by atoms with Crippen LogP contribution in [0.2, 0.25) is 0 Å². The van der Waals surface area contributed by atoms with Gasteiger partial charge in [-0.3, -0.25) is 24.3 Å². The Hall–Kier alpha value is -4.19. The van der Waals surface area contributed by atoms with Crippen LogP contribution < -0.4 is 31.2 Å². The molecular formula is C25H28N6O5S. The maximum atomic E-state index is 14.1. The number of anilines is 2. The Morgan fingerprint density at radius 3 is 2.46 bits per heavy atom. The van der Waals surface area contributed by atoms with E-state index in [1.54, 1.807) is 42.7 Å². The van der Waals surface area contributed by atoms with Crippen molar-refractivity contribution >= 4 is 40.6 Å². The number of fused-ring (bicyclic) bond motifs is 1. The summed E-state index contributed by atoms with van der Waals surface area (Å²) in [5, 5.41) is 2.94. The molecule has 1 aliphatic rings. The maximum absolute atomic E-state index is 14.1. The van der Waals surface area contributed by atoms with Gasteiger partial charge in [-0.1, -0.05) is 13.8 Å². The highest BCUT2D eigenvalue weighted by Crippen LogP contribution is 2.38. The third kappa shape index (κ3) is 5.64. The number of pyridine rings is 1. The first kappa shape index (κ1) is 25.9. The molecule has 37 heavy (non-hydrogen) atoms. The van der Waals surface area contributed by atoms with Crippen molar-refractivity contribution in [2.75, 3.05) is 30.4 Å². The average Bonchev–Trinajstić information content (AvgIpc) is 3.28. The van der Waals surface area contributed by atoms with Gasteiger partial charge in [-0.05, 0) is 53.7 Å². The molecule has 1 atom stereocenters. The third-order valence-electron chi connectivity index (χ3n) is 5.73. The van der Waals surface area contributed by atoms with Gasteiger partial charge in [0.1, 0.15) is 24.1 Å². The summed E-state index contributed by atoms with van der Waals surface area (Å²) in [5.74, 6) is -0.536. The van der Waals surface area contributed by atoms with Gasteiger partial charge >= 0.3 is 0 Å². The maximum Gasteiger partial charge on any atom is 0.273 e. The number of amides is 3. The second-order valence-corrected chi connectivity index (χ2v) is 9.57. The highest BCUT2D eigenvalue weighted by atomic mass is 32.1. The number of ether oxygens (including phenoxy) is 2. The Labute approximate surface area is 217 Å². The van der Waals surface area contributed by atoms with Crippen molar-refractivity contribution < 1.29 is 23.9 Å². The number of nitrogens with two attached hydrogens (primary N) is 2. The van der Waals surface area contributed by atoms with E-state index in [9.17, 15) is 14.4 Å². The van der Waals surface area contributed by atoms with E-state index in [0.717, 1.165) is 18.0 Å². The highest BCUT2D eigenvalue weighted by Gasteiger charge is 2.36. The van der Waals surface area contributed by atoms with Gasteiger partial charge in [-0.25, -0.2) is 0 Å². The minimum absolute atomic E-state index is 0.0160. The third-order valence-corrected chi connectivity index (χ3v) is 6.58. The van der Waals surface area contributed by atoms with E-state index in [1.807, 2.05) is 0 Å². The Balaban J connectivity index is 1.84. The number of rotatable bonds is 9. The first-order valence-electron chi connectivity index (χ1n) is 11.7. The van der Waals surface area contributed by atoms with Crippen LogP contribution in [-0.4, -0.2) is 46.8 Å². The van der Waals surface area contributed by atoms with Crippen LogP contribution in [0.5, 0.6) is 11.5 Å². The molecule has 0 saturated heterocycles.